The normalized spacial score (nSPS) is 10.1. The largest absolute Gasteiger partial charge is 0.261 e. The monoisotopic (exact) mass is 161 g/mol. The van der Waals surface area contributed by atoms with Crippen molar-refractivity contribution in [2.45, 2.75) is 0 Å². The molecule has 0 fully saturated rings. The van der Waals surface area contributed by atoms with Crippen molar-refractivity contribution in [2.24, 2.45) is 7.05 Å². The van der Waals surface area contributed by atoms with Crippen molar-refractivity contribution in [1.29, 1.82) is 0 Å². The molecule has 2 heterocycles. The van der Waals surface area contributed by atoms with Gasteiger partial charge in [0.25, 0.3) is 0 Å². The molecule has 5 nitrogen and oxygen atoms in total. The van der Waals surface area contributed by atoms with Crippen LogP contribution in [0.5, 0.6) is 0 Å². The van der Waals surface area contributed by atoms with Gasteiger partial charge in [0.15, 0.2) is 0 Å². The highest BCUT2D eigenvalue weighted by Gasteiger charge is 2.01. The summed E-state index contributed by atoms with van der Waals surface area (Å²) in [5.41, 5.74) is 1.48. The van der Waals surface area contributed by atoms with Gasteiger partial charge in [0.1, 0.15) is 11.4 Å². The Balaban J connectivity index is 2.45. The van der Waals surface area contributed by atoms with Gasteiger partial charge in [-0.05, 0) is 0 Å². The van der Waals surface area contributed by atoms with Crippen LogP contribution in [0.2, 0.25) is 0 Å². The second-order valence-corrected chi connectivity index (χ2v) is 2.37. The number of nitrogens with zero attached hydrogens (tertiary/aromatic N) is 5. The van der Waals surface area contributed by atoms with Crippen LogP contribution in [0.15, 0.2) is 24.8 Å². The van der Waals surface area contributed by atoms with Crippen molar-refractivity contribution in [3.05, 3.63) is 24.8 Å². The van der Waals surface area contributed by atoms with Gasteiger partial charge in [0, 0.05) is 19.4 Å². The van der Waals surface area contributed by atoms with Crippen LogP contribution < -0.4 is 0 Å². The highest BCUT2D eigenvalue weighted by molar-refractivity contribution is 5.49. The molecule has 2 aromatic rings. The molecule has 0 bridgehead atoms. The molecule has 0 atom stereocenters. The van der Waals surface area contributed by atoms with E-state index in [1.807, 2.05) is 7.05 Å². The summed E-state index contributed by atoms with van der Waals surface area (Å²) in [4.78, 5) is 8.01. The summed E-state index contributed by atoms with van der Waals surface area (Å²) in [5, 5.41) is 7.69. The van der Waals surface area contributed by atoms with E-state index >= 15 is 0 Å². The van der Waals surface area contributed by atoms with E-state index in [0.29, 0.717) is 0 Å². The van der Waals surface area contributed by atoms with Crippen molar-refractivity contribution < 1.29 is 0 Å². The first-order valence-electron chi connectivity index (χ1n) is 3.49. The molecule has 0 spiro atoms. The number of rotatable bonds is 1. The molecule has 0 N–H and O–H groups in total. The molecule has 0 unspecified atom stereocenters. The molecule has 0 saturated carbocycles. The number of aryl methyl sites for hydroxylation is 1. The Morgan fingerprint density at radius 2 is 2.17 bits per heavy atom. The Morgan fingerprint density at radius 3 is 2.75 bits per heavy atom. The summed E-state index contributed by atoms with van der Waals surface area (Å²) >= 11 is 0. The fourth-order valence-electron chi connectivity index (χ4n) is 0.896. The first-order chi connectivity index (χ1) is 5.86. The lowest BCUT2D eigenvalue weighted by molar-refractivity contribution is 0.715. The summed E-state index contributed by atoms with van der Waals surface area (Å²) in [6.07, 6.45) is 6.71. The predicted molar refractivity (Wildman–Crippen MR) is 42.0 cm³/mol. The van der Waals surface area contributed by atoms with Gasteiger partial charge in [0.2, 0.25) is 0 Å². The molecule has 0 amide bonds. The molecule has 0 aliphatic carbocycles. The van der Waals surface area contributed by atoms with E-state index in [9.17, 15) is 0 Å². The van der Waals surface area contributed by atoms with Crippen LogP contribution in [-0.2, 0) is 7.05 Å². The summed E-state index contributed by atoms with van der Waals surface area (Å²) < 4.78 is 1.63. The summed E-state index contributed by atoms with van der Waals surface area (Å²) in [5.74, 6) is 0. The maximum absolute atomic E-state index is 4.08. The third kappa shape index (κ3) is 1.16. The van der Waals surface area contributed by atoms with Crippen LogP contribution >= 0.6 is 0 Å². The van der Waals surface area contributed by atoms with E-state index in [4.69, 9.17) is 0 Å². The molecule has 5 heteroatoms. The molecular weight excluding hydrogens is 154 g/mol. The minimum Gasteiger partial charge on any atom is -0.261 e. The molecule has 0 aromatic carbocycles. The standard InChI is InChI=1S/C7H7N5/c1-12-5-7(10-11-12)6-4-8-2-3-9-6/h2-5H,1H3. The quantitative estimate of drug-likeness (QED) is 0.602. The van der Waals surface area contributed by atoms with Gasteiger partial charge in [-0.3, -0.25) is 14.6 Å². The zero-order chi connectivity index (χ0) is 8.39. The number of hydrogen-bond donors (Lipinski definition) is 0. The predicted octanol–water partition coefficient (Wildman–Crippen LogP) is 0.272. The van der Waals surface area contributed by atoms with Gasteiger partial charge >= 0.3 is 0 Å². The van der Waals surface area contributed by atoms with E-state index < -0.39 is 0 Å². The fourth-order valence-corrected chi connectivity index (χ4v) is 0.896. The third-order valence-electron chi connectivity index (χ3n) is 1.43. The van der Waals surface area contributed by atoms with E-state index in [-0.39, 0.29) is 0 Å². The molecular formula is C7H7N5. The third-order valence-corrected chi connectivity index (χ3v) is 1.43. The second-order valence-electron chi connectivity index (χ2n) is 2.37. The van der Waals surface area contributed by atoms with Crippen molar-refractivity contribution in [3.63, 3.8) is 0 Å². The maximum atomic E-state index is 4.08. The zero-order valence-electron chi connectivity index (χ0n) is 6.55. The average molecular weight is 161 g/mol. The zero-order valence-corrected chi connectivity index (χ0v) is 6.55. The number of hydrogen-bond acceptors (Lipinski definition) is 4. The Labute approximate surface area is 69.1 Å². The van der Waals surface area contributed by atoms with E-state index in [2.05, 4.69) is 20.3 Å². The first-order valence-corrected chi connectivity index (χ1v) is 3.49. The van der Waals surface area contributed by atoms with Crippen molar-refractivity contribution in [1.82, 2.24) is 25.0 Å². The van der Waals surface area contributed by atoms with Crippen molar-refractivity contribution in [2.75, 3.05) is 0 Å². The van der Waals surface area contributed by atoms with Crippen LogP contribution in [0.3, 0.4) is 0 Å². The van der Waals surface area contributed by atoms with Gasteiger partial charge in [-0.25, -0.2) is 0 Å². The first kappa shape index (κ1) is 6.90. The molecule has 0 aliphatic rings. The smallest absolute Gasteiger partial charge is 0.132 e. The molecule has 2 rings (SSSR count). The van der Waals surface area contributed by atoms with Crippen LogP contribution in [0, 0.1) is 0 Å². The van der Waals surface area contributed by atoms with Crippen molar-refractivity contribution in [3.8, 4) is 11.4 Å². The molecule has 0 aliphatic heterocycles. The Hall–Kier alpha value is -1.78. The lowest BCUT2D eigenvalue weighted by Crippen LogP contribution is -1.85. The van der Waals surface area contributed by atoms with Gasteiger partial charge in [-0.2, -0.15) is 0 Å². The minimum atomic E-state index is 0.741. The molecule has 0 radical (unpaired) electrons. The average Bonchev–Trinajstić information content (AvgIpc) is 2.54. The van der Waals surface area contributed by atoms with Gasteiger partial charge < -0.3 is 0 Å². The highest BCUT2D eigenvalue weighted by atomic mass is 15.4. The highest BCUT2D eigenvalue weighted by Crippen LogP contribution is 2.08. The topological polar surface area (TPSA) is 56.5 Å². The van der Waals surface area contributed by atoms with Gasteiger partial charge in [-0.15, -0.1) is 5.10 Å². The Kier molecular flexibility index (Phi) is 1.55. The lowest BCUT2D eigenvalue weighted by atomic mass is 10.3. The Morgan fingerprint density at radius 1 is 1.25 bits per heavy atom. The van der Waals surface area contributed by atoms with Gasteiger partial charge in [0.05, 0.1) is 12.4 Å². The van der Waals surface area contributed by atoms with Crippen LogP contribution in [0.4, 0.5) is 0 Å². The number of aromatic nitrogens is 5. The molecule has 2 aromatic heterocycles. The van der Waals surface area contributed by atoms with E-state index in [0.717, 1.165) is 11.4 Å². The second kappa shape index (κ2) is 2.69. The molecule has 12 heavy (non-hydrogen) atoms. The molecule has 0 saturated heterocycles. The summed E-state index contributed by atoms with van der Waals surface area (Å²) in [6.45, 7) is 0. The fraction of sp³-hybridized carbons (Fsp3) is 0.143. The SMILES string of the molecule is Cn1cc(-c2cnccn2)nn1. The van der Waals surface area contributed by atoms with Crippen molar-refractivity contribution >= 4 is 0 Å². The van der Waals surface area contributed by atoms with Gasteiger partial charge in [-0.1, -0.05) is 5.21 Å². The lowest BCUT2D eigenvalue weighted by Gasteiger charge is -1.89. The maximum Gasteiger partial charge on any atom is 0.132 e. The summed E-state index contributed by atoms with van der Waals surface area (Å²) in [6, 6.07) is 0. The van der Waals surface area contributed by atoms with Crippen LogP contribution in [-0.4, -0.2) is 25.0 Å². The van der Waals surface area contributed by atoms with Crippen LogP contribution in [0.1, 0.15) is 0 Å². The Bertz CT molecular complexity index is 366. The van der Waals surface area contributed by atoms with E-state index in [1.54, 1.807) is 29.5 Å². The minimum absolute atomic E-state index is 0.741. The van der Waals surface area contributed by atoms with Crippen LogP contribution in [0.25, 0.3) is 11.4 Å². The molecule has 60 valence electrons. The van der Waals surface area contributed by atoms with E-state index in [1.165, 1.54) is 0 Å². The summed E-state index contributed by atoms with van der Waals surface area (Å²) in [7, 11) is 1.81.